The number of likely N-dealkylation sites (tertiary alicyclic amines) is 1. The highest BCUT2D eigenvalue weighted by molar-refractivity contribution is 6.76. The minimum Gasteiger partial charge on any atom is -0.483 e. The van der Waals surface area contributed by atoms with Gasteiger partial charge < -0.3 is 14.4 Å². The monoisotopic (exact) mass is 486 g/mol. The van der Waals surface area contributed by atoms with E-state index in [0.717, 1.165) is 29.3 Å². The molecule has 2 heterocycles. The Morgan fingerprint density at radius 3 is 2.56 bits per heavy atom. The third kappa shape index (κ3) is 5.41. The molecule has 4 rings (SSSR count). The van der Waals surface area contributed by atoms with Crippen LogP contribution in [0.2, 0.25) is 25.7 Å². The number of ketones is 1. The van der Waals surface area contributed by atoms with Gasteiger partial charge in [0.2, 0.25) is 5.91 Å². The number of hydrogen-bond donors (Lipinski definition) is 0. The Labute approximate surface area is 201 Å². The maximum Gasteiger partial charge on any atom is 0.255 e. The van der Waals surface area contributed by atoms with Crippen LogP contribution < -0.4 is 4.74 Å². The standard InChI is InChI=1S/C25H34N2O6Si/c1-34(2,3)13-12-32-16-27-23(29)11-10-20(25(27)31)26-15-17-14-18(8-9-19(17)24(26)30)33-22-7-5-4-6-21(22)28/h8-9,14,20,22H,4-7,10-13,15-16H2,1-3H3. The number of amides is 3. The van der Waals surface area contributed by atoms with Crippen molar-refractivity contribution in [2.75, 3.05) is 13.3 Å². The number of carbonyl (C=O) groups is 4. The molecule has 3 aliphatic rings. The van der Waals surface area contributed by atoms with E-state index in [2.05, 4.69) is 19.6 Å². The van der Waals surface area contributed by atoms with Crippen molar-refractivity contribution < 1.29 is 28.7 Å². The molecule has 8 nitrogen and oxygen atoms in total. The normalized spacial score (nSPS) is 23.5. The minimum absolute atomic E-state index is 0.0684. The van der Waals surface area contributed by atoms with E-state index in [-0.39, 0.29) is 43.2 Å². The average Bonchev–Trinajstić information content (AvgIpc) is 3.09. The van der Waals surface area contributed by atoms with Crippen molar-refractivity contribution in [2.45, 2.75) is 82.9 Å². The molecule has 3 amide bonds. The smallest absolute Gasteiger partial charge is 0.255 e. The van der Waals surface area contributed by atoms with E-state index in [4.69, 9.17) is 9.47 Å². The van der Waals surface area contributed by atoms with E-state index in [9.17, 15) is 19.2 Å². The summed E-state index contributed by atoms with van der Waals surface area (Å²) in [7, 11) is -1.28. The summed E-state index contributed by atoms with van der Waals surface area (Å²) in [5.41, 5.74) is 1.30. The second-order valence-electron chi connectivity index (χ2n) is 10.6. The maximum atomic E-state index is 13.2. The second kappa shape index (κ2) is 9.99. The van der Waals surface area contributed by atoms with E-state index in [1.54, 1.807) is 23.1 Å². The van der Waals surface area contributed by atoms with Gasteiger partial charge in [-0.05, 0) is 55.5 Å². The summed E-state index contributed by atoms with van der Waals surface area (Å²) in [6.45, 7) is 7.44. The number of imide groups is 1. The van der Waals surface area contributed by atoms with Gasteiger partial charge in [0.25, 0.3) is 11.8 Å². The molecule has 1 aromatic rings. The van der Waals surface area contributed by atoms with Crippen LogP contribution in [0.5, 0.6) is 5.75 Å². The summed E-state index contributed by atoms with van der Waals surface area (Å²) in [5.74, 6) is -0.172. The van der Waals surface area contributed by atoms with Crippen LogP contribution in [-0.4, -0.2) is 66.9 Å². The molecule has 1 saturated carbocycles. The highest BCUT2D eigenvalue weighted by Gasteiger charge is 2.43. The Balaban J connectivity index is 1.41. The first-order valence-electron chi connectivity index (χ1n) is 12.2. The third-order valence-electron chi connectivity index (χ3n) is 6.76. The van der Waals surface area contributed by atoms with Gasteiger partial charge in [-0.1, -0.05) is 19.6 Å². The van der Waals surface area contributed by atoms with Gasteiger partial charge >= 0.3 is 0 Å². The highest BCUT2D eigenvalue weighted by Crippen LogP contribution is 2.32. The van der Waals surface area contributed by atoms with Crippen LogP contribution in [0.15, 0.2) is 18.2 Å². The number of hydrogen-bond acceptors (Lipinski definition) is 6. The van der Waals surface area contributed by atoms with Crippen molar-refractivity contribution >= 4 is 31.6 Å². The molecule has 0 radical (unpaired) electrons. The average molecular weight is 487 g/mol. The molecule has 2 atom stereocenters. The second-order valence-corrected chi connectivity index (χ2v) is 16.3. The van der Waals surface area contributed by atoms with E-state index in [0.29, 0.717) is 37.2 Å². The summed E-state index contributed by atoms with van der Waals surface area (Å²) >= 11 is 0. The van der Waals surface area contributed by atoms with Crippen LogP contribution in [0.25, 0.3) is 0 Å². The number of nitrogens with zero attached hydrogens (tertiary/aromatic N) is 2. The first kappa shape index (κ1) is 24.6. The maximum absolute atomic E-state index is 13.2. The third-order valence-corrected chi connectivity index (χ3v) is 8.47. The first-order valence-corrected chi connectivity index (χ1v) is 15.9. The van der Waals surface area contributed by atoms with Gasteiger partial charge in [0.15, 0.2) is 11.9 Å². The fraction of sp³-hybridized carbons (Fsp3) is 0.600. The molecule has 0 bridgehead atoms. The lowest BCUT2D eigenvalue weighted by Gasteiger charge is -2.35. The molecule has 34 heavy (non-hydrogen) atoms. The molecule has 9 heteroatoms. The molecule has 0 N–H and O–H groups in total. The van der Waals surface area contributed by atoms with Gasteiger partial charge in [0.1, 0.15) is 18.5 Å². The van der Waals surface area contributed by atoms with E-state index in [1.807, 2.05) is 0 Å². The Morgan fingerprint density at radius 2 is 1.82 bits per heavy atom. The largest absolute Gasteiger partial charge is 0.483 e. The van der Waals surface area contributed by atoms with Crippen molar-refractivity contribution in [1.29, 1.82) is 0 Å². The summed E-state index contributed by atoms with van der Waals surface area (Å²) < 4.78 is 11.6. The Morgan fingerprint density at radius 1 is 1.03 bits per heavy atom. The number of Topliss-reactive ketones (excluding diaryl/α,β-unsaturated/α-hetero) is 1. The molecule has 1 saturated heterocycles. The van der Waals surface area contributed by atoms with Crippen molar-refractivity contribution in [3.8, 4) is 5.75 Å². The molecule has 1 aromatic carbocycles. The summed E-state index contributed by atoms with van der Waals surface area (Å²) in [6.07, 6.45) is 3.21. The van der Waals surface area contributed by atoms with Crippen LogP contribution in [0.4, 0.5) is 0 Å². The van der Waals surface area contributed by atoms with E-state index >= 15 is 0 Å². The van der Waals surface area contributed by atoms with Crippen LogP contribution in [-0.2, 0) is 25.7 Å². The van der Waals surface area contributed by atoms with Gasteiger partial charge in [-0.3, -0.25) is 24.1 Å². The fourth-order valence-electron chi connectivity index (χ4n) is 4.66. The Hall–Kier alpha value is -2.52. The van der Waals surface area contributed by atoms with Crippen molar-refractivity contribution in [3.63, 3.8) is 0 Å². The molecule has 0 aromatic heterocycles. The molecule has 0 spiro atoms. The molecular formula is C25H34N2O6Si. The number of rotatable bonds is 8. The quantitative estimate of drug-likeness (QED) is 0.318. The fourth-order valence-corrected chi connectivity index (χ4v) is 5.42. The van der Waals surface area contributed by atoms with Gasteiger partial charge in [-0.2, -0.15) is 0 Å². The summed E-state index contributed by atoms with van der Waals surface area (Å²) in [6, 6.07) is 5.47. The molecule has 184 valence electrons. The summed E-state index contributed by atoms with van der Waals surface area (Å²) in [5, 5.41) is 0. The number of carbonyl (C=O) groups excluding carboxylic acids is 4. The summed E-state index contributed by atoms with van der Waals surface area (Å²) in [4.78, 5) is 53.5. The van der Waals surface area contributed by atoms with Gasteiger partial charge in [0, 0.05) is 39.6 Å². The molecular weight excluding hydrogens is 452 g/mol. The van der Waals surface area contributed by atoms with Gasteiger partial charge in [0.05, 0.1) is 0 Å². The van der Waals surface area contributed by atoms with Crippen LogP contribution >= 0.6 is 0 Å². The topological polar surface area (TPSA) is 93.2 Å². The zero-order valence-corrected chi connectivity index (χ0v) is 21.3. The SMILES string of the molecule is C[Si](C)(C)CCOCN1C(=O)CCC(N2Cc3cc(OC4CCCCC4=O)ccc3C2=O)C1=O. The van der Waals surface area contributed by atoms with E-state index < -0.39 is 20.2 Å². The van der Waals surface area contributed by atoms with Crippen molar-refractivity contribution in [2.24, 2.45) is 0 Å². The lowest BCUT2D eigenvalue weighted by atomic mass is 9.96. The minimum atomic E-state index is -1.28. The number of piperidine rings is 1. The zero-order valence-electron chi connectivity index (χ0n) is 20.3. The zero-order chi connectivity index (χ0) is 24.5. The predicted molar refractivity (Wildman–Crippen MR) is 128 cm³/mol. The van der Waals surface area contributed by atoms with Gasteiger partial charge in [-0.25, -0.2) is 0 Å². The Bertz CT molecular complexity index is 988. The number of fused-ring (bicyclic) bond motifs is 1. The predicted octanol–water partition coefficient (Wildman–Crippen LogP) is 3.36. The van der Waals surface area contributed by atoms with Crippen LogP contribution in [0.1, 0.15) is 54.4 Å². The molecule has 2 fully saturated rings. The van der Waals surface area contributed by atoms with Crippen LogP contribution in [0, 0.1) is 0 Å². The van der Waals surface area contributed by atoms with Crippen LogP contribution in [0.3, 0.4) is 0 Å². The molecule has 2 aliphatic heterocycles. The highest BCUT2D eigenvalue weighted by atomic mass is 28.3. The Kier molecular flexibility index (Phi) is 7.23. The number of ether oxygens (including phenoxy) is 2. The van der Waals surface area contributed by atoms with Crippen molar-refractivity contribution in [1.82, 2.24) is 9.80 Å². The molecule has 2 unspecified atom stereocenters. The van der Waals surface area contributed by atoms with Crippen molar-refractivity contribution in [3.05, 3.63) is 29.3 Å². The lowest BCUT2D eigenvalue weighted by Crippen LogP contribution is -2.55. The lowest BCUT2D eigenvalue weighted by molar-refractivity contribution is -0.158. The van der Waals surface area contributed by atoms with E-state index in [1.165, 1.54) is 0 Å². The first-order chi connectivity index (χ1) is 16.1. The molecule has 1 aliphatic carbocycles. The number of benzene rings is 1. The van der Waals surface area contributed by atoms with Gasteiger partial charge in [-0.15, -0.1) is 0 Å².